The van der Waals surface area contributed by atoms with E-state index in [0.717, 1.165) is 72.3 Å². The fourth-order valence-corrected chi connectivity index (χ4v) is 9.77. The molecule has 3 nitrogen and oxygen atoms in total. The van der Waals surface area contributed by atoms with Crippen LogP contribution in [0.3, 0.4) is 0 Å². The Balaban J connectivity index is 0.979. The van der Waals surface area contributed by atoms with Crippen LogP contribution in [0, 0.1) is 0 Å². The summed E-state index contributed by atoms with van der Waals surface area (Å²) < 4.78 is 6.45. The van der Waals surface area contributed by atoms with Crippen LogP contribution >= 0.6 is 0 Å². The molecule has 11 aromatic rings. The van der Waals surface area contributed by atoms with Crippen molar-refractivity contribution < 1.29 is 4.42 Å². The minimum absolute atomic E-state index is 0.435. The van der Waals surface area contributed by atoms with E-state index < -0.39 is 5.41 Å². The van der Waals surface area contributed by atoms with Crippen molar-refractivity contribution in [3.05, 3.63) is 253 Å². The second-order valence-corrected chi connectivity index (χ2v) is 16.1. The summed E-state index contributed by atoms with van der Waals surface area (Å²) in [5.74, 6) is 0.681. The third-order valence-corrected chi connectivity index (χ3v) is 12.6. The minimum Gasteiger partial charge on any atom is -0.455 e. The van der Waals surface area contributed by atoms with Crippen LogP contribution in [-0.4, -0.2) is 9.97 Å². The summed E-state index contributed by atoms with van der Waals surface area (Å²) in [6.45, 7) is 0. The minimum atomic E-state index is -0.435. The topological polar surface area (TPSA) is 38.9 Å². The highest BCUT2D eigenvalue weighted by Gasteiger charge is 2.45. The standard InChI is InChI=1S/C59H38N2O/c1-4-17-39(18-5-1)58-60-54(38-55(61-58)44-22-15-20-42(36-44)47-29-16-30-50-49-28-11-13-32-56(49)62-57(47)50)43-21-14-19-40(35-43)41-33-34-53-51(37-41)48-27-10-12-31-52(48)59(53,45-23-6-2-7-24-45)46-25-8-3-9-26-46/h1-38H. The van der Waals surface area contributed by atoms with Gasteiger partial charge < -0.3 is 4.42 Å². The van der Waals surface area contributed by atoms with Gasteiger partial charge in [-0.1, -0.05) is 200 Å². The van der Waals surface area contributed by atoms with Gasteiger partial charge in [-0.3, -0.25) is 0 Å². The summed E-state index contributed by atoms with van der Waals surface area (Å²) in [4.78, 5) is 10.4. The lowest BCUT2D eigenvalue weighted by Gasteiger charge is -2.33. The summed E-state index contributed by atoms with van der Waals surface area (Å²) >= 11 is 0. The largest absolute Gasteiger partial charge is 0.455 e. The van der Waals surface area contributed by atoms with Crippen molar-refractivity contribution in [2.75, 3.05) is 0 Å². The molecule has 0 unspecified atom stereocenters. The Bertz CT molecular complexity index is 3420. The second-order valence-electron chi connectivity index (χ2n) is 16.1. The normalized spacial score (nSPS) is 12.6. The van der Waals surface area contributed by atoms with Crippen molar-refractivity contribution in [2.24, 2.45) is 0 Å². The molecule has 3 heteroatoms. The lowest BCUT2D eigenvalue weighted by molar-refractivity contribution is 0.670. The van der Waals surface area contributed by atoms with Gasteiger partial charge in [0.15, 0.2) is 5.82 Å². The Kier molecular flexibility index (Phi) is 8.39. The predicted molar refractivity (Wildman–Crippen MR) is 254 cm³/mol. The van der Waals surface area contributed by atoms with Crippen molar-refractivity contribution in [3.63, 3.8) is 0 Å². The van der Waals surface area contributed by atoms with Gasteiger partial charge in [-0.15, -0.1) is 0 Å². The number of rotatable bonds is 7. The zero-order valence-electron chi connectivity index (χ0n) is 33.7. The maximum absolute atomic E-state index is 6.45. The Labute approximate surface area is 360 Å². The molecule has 9 aromatic carbocycles. The van der Waals surface area contributed by atoms with E-state index in [1.807, 2.05) is 30.3 Å². The molecule has 0 aliphatic heterocycles. The number of para-hydroxylation sites is 2. The first kappa shape index (κ1) is 35.8. The van der Waals surface area contributed by atoms with E-state index in [4.69, 9.17) is 14.4 Å². The van der Waals surface area contributed by atoms with E-state index in [9.17, 15) is 0 Å². The molecule has 0 amide bonds. The van der Waals surface area contributed by atoms with Gasteiger partial charge in [-0.25, -0.2) is 9.97 Å². The predicted octanol–water partition coefficient (Wildman–Crippen LogP) is 15.1. The molecule has 12 rings (SSSR count). The first-order valence-corrected chi connectivity index (χ1v) is 21.1. The Morgan fingerprint density at radius 2 is 0.839 bits per heavy atom. The highest BCUT2D eigenvalue weighted by molar-refractivity contribution is 6.09. The van der Waals surface area contributed by atoms with Crippen LogP contribution < -0.4 is 0 Å². The van der Waals surface area contributed by atoms with Crippen LogP contribution in [0.15, 0.2) is 235 Å². The van der Waals surface area contributed by atoms with E-state index in [-0.39, 0.29) is 0 Å². The molecule has 0 N–H and O–H groups in total. The lowest BCUT2D eigenvalue weighted by atomic mass is 9.67. The summed E-state index contributed by atoms with van der Waals surface area (Å²) in [7, 11) is 0. The van der Waals surface area contributed by atoms with Gasteiger partial charge in [0.2, 0.25) is 0 Å². The van der Waals surface area contributed by atoms with Gasteiger partial charge in [0.05, 0.1) is 16.8 Å². The molecule has 2 aromatic heterocycles. The van der Waals surface area contributed by atoms with Crippen LogP contribution in [0.2, 0.25) is 0 Å². The Hall–Kier alpha value is -8.14. The maximum Gasteiger partial charge on any atom is 0.160 e. The number of furan rings is 1. The van der Waals surface area contributed by atoms with Crippen LogP contribution in [0.1, 0.15) is 22.3 Å². The quantitative estimate of drug-likeness (QED) is 0.161. The van der Waals surface area contributed by atoms with E-state index in [1.165, 1.54) is 33.4 Å². The van der Waals surface area contributed by atoms with Crippen LogP contribution in [0.4, 0.5) is 0 Å². The van der Waals surface area contributed by atoms with Crippen LogP contribution in [0.25, 0.3) is 89.2 Å². The molecule has 0 atom stereocenters. The Morgan fingerprint density at radius 1 is 0.323 bits per heavy atom. The van der Waals surface area contributed by atoms with Crippen molar-refractivity contribution in [2.45, 2.75) is 5.41 Å². The van der Waals surface area contributed by atoms with Crippen LogP contribution in [-0.2, 0) is 5.41 Å². The number of fused-ring (bicyclic) bond motifs is 6. The van der Waals surface area contributed by atoms with Crippen molar-refractivity contribution in [3.8, 4) is 67.3 Å². The zero-order chi connectivity index (χ0) is 41.0. The molecular weight excluding hydrogens is 753 g/mol. The number of hydrogen-bond donors (Lipinski definition) is 0. The average Bonchev–Trinajstić information content (AvgIpc) is 3.89. The zero-order valence-corrected chi connectivity index (χ0v) is 33.7. The third kappa shape index (κ3) is 5.74. The van der Waals surface area contributed by atoms with Gasteiger partial charge in [0, 0.05) is 33.0 Å². The van der Waals surface area contributed by atoms with Crippen molar-refractivity contribution >= 4 is 21.9 Å². The first-order valence-electron chi connectivity index (χ1n) is 21.1. The molecule has 0 saturated heterocycles. The second kappa shape index (κ2) is 14.5. The van der Waals surface area contributed by atoms with Gasteiger partial charge >= 0.3 is 0 Å². The fraction of sp³-hybridized carbons (Fsp3) is 0.0169. The highest BCUT2D eigenvalue weighted by Crippen LogP contribution is 2.56. The molecule has 0 fully saturated rings. The summed E-state index contributed by atoms with van der Waals surface area (Å²) in [5, 5.41) is 2.23. The average molecular weight is 791 g/mol. The molecule has 290 valence electrons. The molecule has 1 aliphatic carbocycles. The molecule has 1 aliphatic rings. The number of nitrogens with zero attached hydrogens (tertiary/aromatic N) is 2. The number of hydrogen-bond acceptors (Lipinski definition) is 3. The number of aromatic nitrogens is 2. The lowest BCUT2D eigenvalue weighted by Crippen LogP contribution is -2.28. The number of benzene rings is 9. The molecule has 0 spiro atoms. The summed E-state index contributed by atoms with van der Waals surface area (Å²) in [6.07, 6.45) is 0. The van der Waals surface area contributed by atoms with Gasteiger partial charge in [0.1, 0.15) is 11.2 Å². The summed E-state index contributed by atoms with van der Waals surface area (Å²) in [5.41, 5.74) is 18.1. The van der Waals surface area contributed by atoms with Gasteiger partial charge in [-0.2, -0.15) is 0 Å². The van der Waals surface area contributed by atoms with Crippen LogP contribution in [0.5, 0.6) is 0 Å². The Morgan fingerprint density at radius 3 is 1.58 bits per heavy atom. The maximum atomic E-state index is 6.45. The highest BCUT2D eigenvalue weighted by atomic mass is 16.3. The molecule has 0 saturated carbocycles. The molecule has 0 radical (unpaired) electrons. The van der Waals surface area contributed by atoms with Gasteiger partial charge in [-0.05, 0) is 80.4 Å². The first-order chi connectivity index (χ1) is 30.7. The smallest absolute Gasteiger partial charge is 0.160 e. The van der Waals surface area contributed by atoms with Gasteiger partial charge in [0.25, 0.3) is 0 Å². The van der Waals surface area contributed by atoms with E-state index in [0.29, 0.717) is 5.82 Å². The van der Waals surface area contributed by atoms with Crippen molar-refractivity contribution in [1.29, 1.82) is 0 Å². The molecule has 2 heterocycles. The van der Waals surface area contributed by atoms with Crippen molar-refractivity contribution in [1.82, 2.24) is 9.97 Å². The molecule has 0 bridgehead atoms. The molecule has 62 heavy (non-hydrogen) atoms. The van der Waals surface area contributed by atoms with E-state index >= 15 is 0 Å². The fourth-order valence-electron chi connectivity index (χ4n) is 9.77. The van der Waals surface area contributed by atoms with E-state index in [2.05, 4.69) is 200 Å². The monoisotopic (exact) mass is 790 g/mol. The summed E-state index contributed by atoms with van der Waals surface area (Å²) in [6, 6.07) is 82.2. The SMILES string of the molecule is c1ccc(-c2nc(-c3cccc(-c4ccc5c(c4)-c4ccccc4C5(c4ccccc4)c4ccccc4)c3)cc(-c3cccc(-c4cccc5c4oc4ccccc45)c3)n2)cc1. The van der Waals surface area contributed by atoms with E-state index in [1.54, 1.807) is 0 Å². The molecular formula is C59H38N2O. The third-order valence-electron chi connectivity index (χ3n) is 12.6.